The minimum Gasteiger partial charge on any atom is -0.364 e. The highest BCUT2D eigenvalue weighted by Crippen LogP contribution is 2.42. The van der Waals surface area contributed by atoms with Crippen molar-refractivity contribution in [2.45, 2.75) is 17.6 Å². The first kappa shape index (κ1) is 22.2. The molecule has 2 heterocycles. The van der Waals surface area contributed by atoms with Crippen LogP contribution in [-0.4, -0.2) is 20.5 Å². The Hall–Kier alpha value is -2.48. The zero-order valence-corrected chi connectivity index (χ0v) is 17.2. The fraction of sp³-hybridized carbons (Fsp3) is 0.167. The van der Waals surface area contributed by atoms with E-state index in [2.05, 4.69) is 15.3 Å². The van der Waals surface area contributed by atoms with Crippen LogP contribution in [0, 0.1) is 11.3 Å². The second-order valence-corrected chi connectivity index (χ2v) is 7.52. The Kier molecular flexibility index (Phi) is 6.75. The van der Waals surface area contributed by atoms with Crippen molar-refractivity contribution in [3.8, 4) is 11.8 Å². The summed E-state index contributed by atoms with van der Waals surface area (Å²) in [5.74, 6) is 0.239. The maximum atomic E-state index is 13.1. The van der Waals surface area contributed by atoms with Crippen molar-refractivity contribution < 1.29 is 17.6 Å². The number of hydrogen-bond acceptors (Lipinski definition) is 5. The van der Waals surface area contributed by atoms with Gasteiger partial charge in [-0.3, -0.25) is 14.5 Å². The summed E-state index contributed by atoms with van der Waals surface area (Å²) in [6.07, 6.45) is 1.18. The standard InChI is InChI=1S/C18H11Cl2F4N5S/c19-13-3-11(18(22,23)24)4-14(20)15(13)29-8-10(5-25)16(30-9-21)17(29)28-7-12-6-26-1-2-27-12/h1-4,6,8,28H,7,9H2. The molecule has 1 N–H and O–H groups in total. The van der Waals surface area contributed by atoms with E-state index in [1.165, 1.54) is 29.4 Å². The first-order chi connectivity index (χ1) is 14.3. The Labute approximate surface area is 182 Å². The van der Waals surface area contributed by atoms with E-state index in [0.29, 0.717) is 5.69 Å². The van der Waals surface area contributed by atoms with Gasteiger partial charge in [0.05, 0.1) is 50.2 Å². The third kappa shape index (κ3) is 4.64. The number of nitrogens with one attached hydrogen (secondary N) is 1. The summed E-state index contributed by atoms with van der Waals surface area (Å²) in [5.41, 5.74) is -0.340. The van der Waals surface area contributed by atoms with Crippen molar-refractivity contribution >= 4 is 40.8 Å². The Morgan fingerprint density at radius 1 is 1.20 bits per heavy atom. The normalized spacial score (nSPS) is 11.4. The first-order valence-corrected chi connectivity index (χ1v) is 9.90. The fourth-order valence-corrected chi connectivity index (χ4v) is 4.01. The van der Waals surface area contributed by atoms with E-state index in [-0.39, 0.29) is 38.6 Å². The number of halogens is 6. The second kappa shape index (κ2) is 9.12. The number of aromatic nitrogens is 3. The summed E-state index contributed by atoms with van der Waals surface area (Å²) in [6.45, 7) is 0.151. The summed E-state index contributed by atoms with van der Waals surface area (Å²) in [7, 11) is 0. The lowest BCUT2D eigenvalue weighted by molar-refractivity contribution is -0.137. The lowest BCUT2D eigenvalue weighted by Crippen LogP contribution is -2.09. The van der Waals surface area contributed by atoms with Gasteiger partial charge in [0.25, 0.3) is 0 Å². The molecule has 12 heteroatoms. The minimum atomic E-state index is -4.64. The van der Waals surface area contributed by atoms with Gasteiger partial charge in [0, 0.05) is 18.6 Å². The van der Waals surface area contributed by atoms with E-state index < -0.39 is 17.7 Å². The van der Waals surface area contributed by atoms with Crippen LogP contribution in [0.25, 0.3) is 5.69 Å². The third-order valence-electron chi connectivity index (χ3n) is 3.92. The molecule has 0 radical (unpaired) electrons. The number of hydrogen-bond donors (Lipinski definition) is 1. The highest BCUT2D eigenvalue weighted by atomic mass is 35.5. The number of thioether (sulfide) groups is 1. The SMILES string of the molecule is N#Cc1cn(-c2c(Cl)cc(C(F)(F)F)cc2Cl)c(NCc2cnccn2)c1SCF. The molecule has 3 rings (SSSR count). The van der Waals surface area contributed by atoms with Crippen LogP contribution < -0.4 is 5.32 Å². The van der Waals surface area contributed by atoms with Crippen LogP contribution in [0.3, 0.4) is 0 Å². The summed E-state index contributed by atoms with van der Waals surface area (Å²) in [4.78, 5) is 8.32. The number of nitriles is 1. The Morgan fingerprint density at radius 2 is 1.90 bits per heavy atom. The Balaban J connectivity index is 2.13. The molecule has 2 aromatic heterocycles. The topological polar surface area (TPSA) is 66.5 Å². The summed E-state index contributed by atoms with van der Waals surface area (Å²) >= 11 is 13.0. The van der Waals surface area contributed by atoms with Gasteiger partial charge in [-0.15, -0.1) is 0 Å². The number of benzene rings is 1. The average molecular weight is 476 g/mol. The predicted octanol–water partition coefficient (Wildman–Crippen LogP) is 6.10. The van der Waals surface area contributed by atoms with Crippen LogP contribution in [0.5, 0.6) is 0 Å². The molecule has 0 saturated carbocycles. The second-order valence-electron chi connectivity index (χ2n) is 5.79. The van der Waals surface area contributed by atoms with Gasteiger partial charge in [0.2, 0.25) is 0 Å². The molecule has 0 bridgehead atoms. The number of nitrogens with zero attached hydrogens (tertiary/aromatic N) is 4. The van der Waals surface area contributed by atoms with E-state index in [1.54, 1.807) is 0 Å². The highest BCUT2D eigenvalue weighted by molar-refractivity contribution is 7.99. The van der Waals surface area contributed by atoms with Crippen LogP contribution in [0.15, 0.2) is 41.8 Å². The molecular formula is C18H11Cl2F4N5S. The smallest absolute Gasteiger partial charge is 0.364 e. The Morgan fingerprint density at radius 3 is 2.43 bits per heavy atom. The van der Waals surface area contributed by atoms with Crippen molar-refractivity contribution in [3.05, 3.63) is 63.8 Å². The summed E-state index contributed by atoms with van der Waals surface area (Å²) < 4.78 is 53.6. The third-order valence-corrected chi connectivity index (χ3v) is 5.30. The molecule has 156 valence electrons. The molecule has 3 aromatic rings. The van der Waals surface area contributed by atoms with Crippen molar-refractivity contribution in [1.29, 1.82) is 5.26 Å². The average Bonchev–Trinajstić information content (AvgIpc) is 3.03. The highest BCUT2D eigenvalue weighted by Gasteiger charge is 2.32. The van der Waals surface area contributed by atoms with Crippen LogP contribution >= 0.6 is 35.0 Å². The molecule has 0 spiro atoms. The molecule has 0 saturated heterocycles. The summed E-state index contributed by atoms with van der Waals surface area (Å²) in [5, 5.41) is 11.9. The van der Waals surface area contributed by atoms with Gasteiger partial charge in [0.1, 0.15) is 17.9 Å². The zero-order valence-electron chi connectivity index (χ0n) is 14.8. The van der Waals surface area contributed by atoms with Crippen LogP contribution in [0.1, 0.15) is 16.8 Å². The molecule has 0 unspecified atom stereocenters. The van der Waals surface area contributed by atoms with Gasteiger partial charge in [-0.05, 0) is 12.1 Å². The molecule has 0 aliphatic rings. The molecule has 0 aliphatic heterocycles. The van der Waals surface area contributed by atoms with Gasteiger partial charge in [-0.1, -0.05) is 35.0 Å². The van der Waals surface area contributed by atoms with Crippen molar-refractivity contribution in [2.75, 3.05) is 11.3 Å². The molecular weight excluding hydrogens is 465 g/mol. The molecule has 0 fully saturated rings. The van der Waals surface area contributed by atoms with E-state index >= 15 is 0 Å². The van der Waals surface area contributed by atoms with Gasteiger partial charge in [0.15, 0.2) is 0 Å². The fourth-order valence-electron chi connectivity index (χ4n) is 2.67. The van der Waals surface area contributed by atoms with Gasteiger partial charge >= 0.3 is 6.18 Å². The maximum Gasteiger partial charge on any atom is 0.416 e. The predicted molar refractivity (Wildman–Crippen MR) is 107 cm³/mol. The van der Waals surface area contributed by atoms with E-state index in [9.17, 15) is 22.8 Å². The van der Waals surface area contributed by atoms with Crippen molar-refractivity contribution in [2.24, 2.45) is 0 Å². The molecule has 5 nitrogen and oxygen atoms in total. The monoisotopic (exact) mass is 475 g/mol. The molecule has 0 aliphatic carbocycles. The molecule has 30 heavy (non-hydrogen) atoms. The Bertz CT molecular complexity index is 1070. The van der Waals surface area contributed by atoms with E-state index in [4.69, 9.17) is 23.2 Å². The van der Waals surface area contributed by atoms with Gasteiger partial charge in [-0.25, -0.2) is 4.39 Å². The van der Waals surface area contributed by atoms with Crippen LogP contribution in [0.2, 0.25) is 10.0 Å². The van der Waals surface area contributed by atoms with E-state index in [0.717, 1.165) is 23.9 Å². The van der Waals surface area contributed by atoms with Gasteiger partial charge in [-0.2, -0.15) is 18.4 Å². The first-order valence-electron chi connectivity index (χ1n) is 8.15. The minimum absolute atomic E-state index is 0.0233. The van der Waals surface area contributed by atoms with Crippen molar-refractivity contribution in [3.63, 3.8) is 0 Å². The van der Waals surface area contributed by atoms with Crippen LogP contribution in [0.4, 0.5) is 23.4 Å². The number of alkyl halides is 4. The quantitative estimate of drug-likeness (QED) is 0.344. The summed E-state index contributed by atoms with van der Waals surface area (Å²) in [6, 6.07) is 2.59. The van der Waals surface area contributed by atoms with E-state index in [1.807, 2.05) is 6.07 Å². The van der Waals surface area contributed by atoms with Crippen LogP contribution in [-0.2, 0) is 12.7 Å². The lowest BCUT2D eigenvalue weighted by Gasteiger charge is -2.17. The largest absolute Gasteiger partial charge is 0.416 e. The van der Waals surface area contributed by atoms with Crippen molar-refractivity contribution in [1.82, 2.24) is 14.5 Å². The number of anilines is 1. The molecule has 0 amide bonds. The maximum absolute atomic E-state index is 13.1. The molecule has 1 aromatic carbocycles. The lowest BCUT2D eigenvalue weighted by atomic mass is 10.2. The zero-order chi connectivity index (χ0) is 21.9. The van der Waals surface area contributed by atoms with Gasteiger partial charge < -0.3 is 5.32 Å². The number of rotatable bonds is 6. The molecule has 0 atom stereocenters.